The fourth-order valence-corrected chi connectivity index (χ4v) is 4.73. The average molecular weight is 416 g/mol. The molecule has 4 rings (SSSR count). The number of aliphatic hydroxyl groups is 4. The number of rotatable bonds is 5. The normalized spacial score (nSPS) is 28.5. The molecule has 0 saturated carbocycles. The van der Waals surface area contributed by atoms with E-state index in [2.05, 4.69) is 0 Å². The molecular weight excluding hydrogens is 387 g/mol. The zero-order valence-electron chi connectivity index (χ0n) is 17.1. The Bertz CT molecular complexity index is 913. The molecule has 30 heavy (non-hydrogen) atoms. The molecule has 0 aromatic heterocycles. The highest BCUT2D eigenvalue weighted by molar-refractivity contribution is 5.45. The third-order valence-electron chi connectivity index (χ3n) is 6.44. The van der Waals surface area contributed by atoms with Crippen molar-refractivity contribution in [1.82, 2.24) is 0 Å². The number of hydrogen-bond donors (Lipinski definition) is 4. The molecule has 2 aromatic rings. The minimum Gasteiger partial charge on any atom is -0.394 e. The maximum atomic E-state index is 14.3. The maximum absolute atomic E-state index is 14.3. The van der Waals surface area contributed by atoms with Crippen LogP contribution in [0.2, 0.25) is 0 Å². The Morgan fingerprint density at radius 3 is 2.50 bits per heavy atom. The van der Waals surface area contributed by atoms with Gasteiger partial charge in [-0.15, -0.1) is 0 Å². The Labute approximate surface area is 175 Å². The lowest BCUT2D eigenvalue weighted by Crippen LogP contribution is -2.55. The van der Waals surface area contributed by atoms with E-state index in [0.717, 1.165) is 30.4 Å². The molecule has 1 aliphatic carbocycles. The highest BCUT2D eigenvalue weighted by Gasteiger charge is 2.44. The fraction of sp³-hybridized carbons (Fsp3) is 0.500. The summed E-state index contributed by atoms with van der Waals surface area (Å²) in [5, 5.41) is 40.3. The molecule has 1 heterocycles. The molecule has 5 atom stereocenters. The van der Waals surface area contributed by atoms with Gasteiger partial charge in [0.2, 0.25) is 0 Å². The number of benzene rings is 2. The van der Waals surface area contributed by atoms with Crippen molar-refractivity contribution in [3.8, 4) is 0 Å². The van der Waals surface area contributed by atoms with Crippen LogP contribution in [0.3, 0.4) is 0 Å². The molecule has 1 aliphatic heterocycles. The standard InChI is InChI=1S/C24H29FO5/c1-2-14-7-6-13(9-19(14)25)8-16-11-17(10-15-4-3-5-18(15)16)24-23(29)22(28)21(27)20(12-26)30-24/h6-7,9-11,20-24,26-29H,2-5,8,12H2,1H3/t20-,21-,22+,23-,24+/m1/s1. The lowest BCUT2D eigenvalue weighted by atomic mass is 9.87. The zero-order chi connectivity index (χ0) is 21.4. The maximum Gasteiger partial charge on any atom is 0.126 e. The Kier molecular flexibility index (Phi) is 6.23. The van der Waals surface area contributed by atoms with E-state index in [-0.39, 0.29) is 5.82 Å². The molecule has 0 unspecified atom stereocenters. The van der Waals surface area contributed by atoms with Crippen molar-refractivity contribution in [2.24, 2.45) is 0 Å². The minimum atomic E-state index is -1.41. The van der Waals surface area contributed by atoms with E-state index >= 15 is 0 Å². The summed E-state index contributed by atoms with van der Waals surface area (Å²) in [6, 6.07) is 9.29. The monoisotopic (exact) mass is 416 g/mol. The Hall–Kier alpha value is -1.83. The highest BCUT2D eigenvalue weighted by atomic mass is 19.1. The SMILES string of the molecule is CCc1ccc(Cc2cc([C@@H]3O[C@H](CO)[C@@H](O)[C@H](O)[C@H]3O)cc3c2CCC3)cc1F. The quantitative estimate of drug-likeness (QED) is 0.599. The van der Waals surface area contributed by atoms with Crippen LogP contribution < -0.4 is 0 Å². The Morgan fingerprint density at radius 2 is 1.80 bits per heavy atom. The summed E-state index contributed by atoms with van der Waals surface area (Å²) < 4.78 is 20.0. The van der Waals surface area contributed by atoms with Crippen molar-refractivity contribution >= 4 is 0 Å². The van der Waals surface area contributed by atoms with Gasteiger partial charge in [-0.3, -0.25) is 0 Å². The summed E-state index contributed by atoms with van der Waals surface area (Å²) in [6.07, 6.45) is -1.79. The third kappa shape index (κ3) is 3.90. The molecule has 5 nitrogen and oxygen atoms in total. The van der Waals surface area contributed by atoms with Gasteiger partial charge in [-0.25, -0.2) is 4.39 Å². The molecule has 2 aromatic carbocycles. The van der Waals surface area contributed by atoms with Crippen LogP contribution in [0.5, 0.6) is 0 Å². The van der Waals surface area contributed by atoms with Gasteiger partial charge in [0.25, 0.3) is 0 Å². The number of hydrogen-bond acceptors (Lipinski definition) is 5. The molecule has 6 heteroatoms. The van der Waals surface area contributed by atoms with Crippen LogP contribution >= 0.6 is 0 Å². The van der Waals surface area contributed by atoms with Gasteiger partial charge in [-0.05, 0) is 71.6 Å². The first-order valence-corrected chi connectivity index (χ1v) is 10.6. The van der Waals surface area contributed by atoms with Crippen LogP contribution in [0.1, 0.15) is 52.8 Å². The van der Waals surface area contributed by atoms with E-state index in [4.69, 9.17) is 4.74 Å². The average Bonchev–Trinajstić information content (AvgIpc) is 3.21. The van der Waals surface area contributed by atoms with Crippen molar-refractivity contribution in [3.05, 3.63) is 69.5 Å². The smallest absolute Gasteiger partial charge is 0.126 e. The first-order chi connectivity index (χ1) is 14.4. The van der Waals surface area contributed by atoms with E-state index in [1.807, 2.05) is 31.2 Å². The van der Waals surface area contributed by atoms with Crippen LogP contribution in [0.15, 0.2) is 30.3 Å². The molecule has 1 fully saturated rings. The van der Waals surface area contributed by atoms with Gasteiger partial charge in [0, 0.05) is 0 Å². The van der Waals surface area contributed by atoms with E-state index in [9.17, 15) is 24.8 Å². The van der Waals surface area contributed by atoms with Crippen LogP contribution in [-0.2, 0) is 30.4 Å². The lowest BCUT2D eigenvalue weighted by molar-refractivity contribution is -0.231. The largest absolute Gasteiger partial charge is 0.394 e. The van der Waals surface area contributed by atoms with E-state index in [1.54, 1.807) is 6.07 Å². The second-order valence-corrected chi connectivity index (χ2v) is 8.38. The van der Waals surface area contributed by atoms with Crippen LogP contribution in [0, 0.1) is 5.82 Å². The molecular formula is C24H29FO5. The van der Waals surface area contributed by atoms with E-state index < -0.39 is 37.1 Å². The number of aryl methyl sites for hydroxylation is 2. The second-order valence-electron chi connectivity index (χ2n) is 8.38. The van der Waals surface area contributed by atoms with Crippen LogP contribution in [-0.4, -0.2) is 51.4 Å². The predicted octanol–water partition coefficient (Wildman–Crippen LogP) is 1.98. The molecule has 0 bridgehead atoms. The topological polar surface area (TPSA) is 90.2 Å². The summed E-state index contributed by atoms with van der Waals surface area (Å²) in [5.74, 6) is -0.197. The first-order valence-electron chi connectivity index (χ1n) is 10.6. The van der Waals surface area contributed by atoms with Gasteiger partial charge in [0.15, 0.2) is 0 Å². The minimum absolute atomic E-state index is 0.197. The number of fused-ring (bicyclic) bond motifs is 1. The predicted molar refractivity (Wildman–Crippen MR) is 110 cm³/mol. The van der Waals surface area contributed by atoms with Gasteiger partial charge in [0.1, 0.15) is 36.3 Å². The summed E-state index contributed by atoms with van der Waals surface area (Å²) in [7, 11) is 0. The lowest BCUT2D eigenvalue weighted by Gasteiger charge is -2.40. The van der Waals surface area contributed by atoms with E-state index in [1.165, 1.54) is 11.1 Å². The summed E-state index contributed by atoms with van der Waals surface area (Å²) >= 11 is 0. The van der Waals surface area contributed by atoms with Gasteiger partial charge in [-0.2, -0.15) is 0 Å². The molecule has 2 aliphatic rings. The van der Waals surface area contributed by atoms with Crippen molar-refractivity contribution < 1.29 is 29.6 Å². The fourth-order valence-electron chi connectivity index (χ4n) is 4.73. The highest BCUT2D eigenvalue weighted by Crippen LogP contribution is 2.37. The van der Waals surface area contributed by atoms with Crippen LogP contribution in [0.25, 0.3) is 0 Å². The van der Waals surface area contributed by atoms with Gasteiger partial charge >= 0.3 is 0 Å². The number of halogens is 1. The van der Waals surface area contributed by atoms with Gasteiger partial charge in [-0.1, -0.05) is 31.2 Å². The van der Waals surface area contributed by atoms with Crippen LogP contribution in [0.4, 0.5) is 4.39 Å². The molecule has 1 saturated heterocycles. The van der Waals surface area contributed by atoms with Crippen molar-refractivity contribution in [2.45, 2.75) is 69.5 Å². The Morgan fingerprint density at radius 1 is 1.00 bits per heavy atom. The Balaban J connectivity index is 1.69. The molecule has 0 amide bonds. The summed E-state index contributed by atoms with van der Waals surface area (Å²) in [6.45, 7) is 1.47. The van der Waals surface area contributed by atoms with Crippen molar-refractivity contribution in [1.29, 1.82) is 0 Å². The number of ether oxygens (including phenoxy) is 1. The molecule has 162 valence electrons. The molecule has 0 radical (unpaired) electrons. The second kappa shape index (κ2) is 8.73. The van der Waals surface area contributed by atoms with Crippen molar-refractivity contribution in [3.63, 3.8) is 0 Å². The number of aliphatic hydroxyl groups excluding tert-OH is 4. The van der Waals surface area contributed by atoms with Gasteiger partial charge in [0.05, 0.1) is 6.61 Å². The summed E-state index contributed by atoms with van der Waals surface area (Å²) in [4.78, 5) is 0. The third-order valence-corrected chi connectivity index (χ3v) is 6.44. The first kappa shape index (κ1) is 21.4. The van der Waals surface area contributed by atoms with Crippen molar-refractivity contribution in [2.75, 3.05) is 6.61 Å². The van der Waals surface area contributed by atoms with Gasteiger partial charge < -0.3 is 25.2 Å². The summed E-state index contributed by atoms with van der Waals surface area (Å²) in [5.41, 5.74) is 5.76. The molecule has 4 N–H and O–H groups in total. The van der Waals surface area contributed by atoms with E-state index in [0.29, 0.717) is 24.0 Å². The molecule has 0 spiro atoms. The zero-order valence-corrected chi connectivity index (χ0v) is 17.1.